The molecule has 1 aromatic carbocycles. The number of hydrogen-bond acceptors (Lipinski definition) is 3. The van der Waals surface area contributed by atoms with E-state index >= 15 is 0 Å². The van der Waals surface area contributed by atoms with Crippen LogP contribution in [0, 0.1) is 5.92 Å². The molecule has 0 bridgehead atoms. The molecule has 3 rings (SSSR count). The molecule has 1 unspecified atom stereocenters. The van der Waals surface area contributed by atoms with Crippen LogP contribution in [-0.2, 0) is 4.79 Å². The first-order chi connectivity index (χ1) is 11.1. The maximum atomic E-state index is 12.1. The van der Waals surface area contributed by atoms with Crippen LogP contribution in [0.4, 0.5) is 0 Å². The lowest BCUT2D eigenvalue weighted by atomic mass is 9.97. The van der Waals surface area contributed by atoms with Gasteiger partial charge in [0, 0.05) is 17.8 Å². The van der Waals surface area contributed by atoms with Gasteiger partial charge in [-0.3, -0.25) is 4.79 Å². The van der Waals surface area contributed by atoms with Crippen LogP contribution in [0.2, 0.25) is 0 Å². The summed E-state index contributed by atoms with van der Waals surface area (Å²) in [5.41, 5.74) is 1.30. The normalized spacial score (nSPS) is 17.1. The number of rotatable bonds is 6. The van der Waals surface area contributed by atoms with E-state index in [1.54, 1.807) is 17.0 Å². The van der Waals surface area contributed by atoms with E-state index < -0.39 is 5.54 Å². The van der Waals surface area contributed by atoms with Gasteiger partial charge in [-0.15, -0.1) is 0 Å². The minimum Gasteiger partial charge on any atom is -0.394 e. The van der Waals surface area contributed by atoms with Crippen LogP contribution in [0.5, 0.6) is 0 Å². The number of aliphatic hydroxyl groups excluding tert-OH is 1. The lowest BCUT2D eigenvalue weighted by Gasteiger charge is -2.28. The molecule has 0 saturated heterocycles. The molecule has 2 N–H and O–H groups in total. The molecular formula is C18H21N3O2. The highest BCUT2D eigenvalue weighted by Crippen LogP contribution is 2.39. The van der Waals surface area contributed by atoms with Crippen molar-refractivity contribution in [3.05, 3.63) is 54.4 Å². The van der Waals surface area contributed by atoms with Gasteiger partial charge in [0.25, 0.3) is 0 Å². The summed E-state index contributed by atoms with van der Waals surface area (Å²) in [5.74, 6) is 0.187. The molecule has 1 heterocycles. The number of aromatic nitrogens is 2. The molecule has 1 fully saturated rings. The van der Waals surface area contributed by atoms with Gasteiger partial charge in [0.15, 0.2) is 0 Å². The van der Waals surface area contributed by atoms with E-state index in [2.05, 4.69) is 10.4 Å². The molecule has 5 nitrogen and oxygen atoms in total. The van der Waals surface area contributed by atoms with Gasteiger partial charge in [-0.2, -0.15) is 5.10 Å². The van der Waals surface area contributed by atoms with E-state index in [-0.39, 0.29) is 12.5 Å². The molecule has 1 aliphatic rings. The minimum absolute atomic E-state index is 0.0385. The molecule has 1 atom stereocenters. The van der Waals surface area contributed by atoms with Crippen molar-refractivity contribution in [1.29, 1.82) is 0 Å². The second-order valence-electron chi connectivity index (χ2n) is 6.23. The molecule has 0 spiro atoms. The first kappa shape index (κ1) is 15.5. The Morgan fingerprint density at radius 1 is 1.43 bits per heavy atom. The Morgan fingerprint density at radius 2 is 2.17 bits per heavy atom. The van der Waals surface area contributed by atoms with Gasteiger partial charge in [-0.25, -0.2) is 4.68 Å². The monoisotopic (exact) mass is 311 g/mol. The number of nitrogens with zero attached hydrogens (tertiary/aromatic N) is 2. The first-order valence-corrected chi connectivity index (χ1v) is 7.82. The molecule has 1 aliphatic carbocycles. The molecule has 0 aliphatic heterocycles. The minimum atomic E-state index is -0.518. The summed E-state index contributed by atoms with van der Waals surface area (Å²) < 4.78 is 1.76. The number of aliphatic hydroxyl groups is 1. The highest BCUT2D eigenvalue weighted by molar-refractivity contribution is 5.92. The Hall–Kier alpha value is -2.40. The summed E-state index contributed by atoms with van der Waals surface area (Å²) in [5, 5.41) is 16.7. The molecule has 2 aromatic rings. The van der Waals surface area contributed by atoms with Crippen LogP contribution in [0.25, 0.3) is 11.8 Å². The zero-order valence-electron chi connectivity index (χ0n) is 13.1. The number of para-hydroxylation sites is 1. The third kappa shape index (κ3) is 3.68. The summed E-state index contributed by atoms with van der Waals surface area (Å²) >= 11 is 0. The van der Waals surface area contributed by atoms with Crippen LogP contribution < -0.4 is 5.32 Å². The number of nitrogens with one attached hydrogen (secondary N) is 1. The topological polar surface area (TPSA) is 67.2 Å². The van der Waals surface area contributed by atoms with Gasteiger partial charge in [0.1, 0.15) is 0 Å². The zero-order valence-corrected chi connectivity index (χ0v) is 13.1. The van der Waals surface area contributed by atoms with Crippen LogP contribution in [0.15, 0.2) is 48.8 Å². The van der Waals surface area contributed by atoms with Crippen LogP contribution in [-0.4, -0.2) is 32.9 Å². The smallest absolute Gasteiger partial charge is 0.244 e. The third-order valence-corrected chi connectivity index (χ3v) is 4.27. The fourth-order valence-corrected chi connectivity index (χ4v) is 2.63. The van der Waals surface area contributed by atoms with Crippen molar-refractivity contribution in [3.8, 4) is 5.69 Å². The van der Waals surface area contributed by atoms with Crippen molar-refractivity contribution in [1.82, 2.24) is 15.1 Å². The third-order valence-electron chi connectivity index (χ3n) is 4.27. The predicted octanol–water partition coefficient (Wildman–Crippen LogP) is 2.16. The van der Waals surface area contributed by atoms with Gasteiger partial charge in [0.05, 0.1) is 24.0 Å². The second-order valence-corrected chi connectivity index (χ2v) is 6.23. The van der Waals surface area contributed by atoms with Crippen molar-refractivity contribution in [2.75, 3.05) is 6.61 Å². The summed E-state index contributed by atoms with van der Waals surface area (Å²) in [4.78, 5) is 12.1. The van der Waals surface area contributed by atoms with Crippen molar-refractivity contribution >= 4 is 12.0 Å². The van der Waals surface area contributed by atoms with Crippen molar-refractivity contribution < 1.29 is 9.90 Å². The van der Waals surface area contributed by atoms with E-state index in [0.717, 1.165) is 24.1 Å². The SMILES string of the molecule is CC(CO)(NC(=O)/C=C/c1cnn(-c2ccccc2)c1)C1CC1. The molecular weight excluding hydrogens is 290 g/mol. The standard InChI is InChI=1S/C18H21N3O2/c1-18(13-22,15-8-9-15)20-17(23)10-7-14-11-19-21(12-14)16-5-3-2-4-6-16/h2-7,10-12,15,22H,8-9,13H2,1H3,(H,20,23)/b10-7+. The van der Waals surface area contributed by atoms with E-state index in [4.69, 9.17) is 0 Å². The molecule has 5 heteroatoms. The summed E-state index contributed by atoms with van der Waals surface area (Å²) in [6, 6.07) is 9.79. The number of benzene rings is 1. The van der Waals surface area contributed by atoms with Crippen molar-refractivity contribution in [2.24, 2.45) is 5.92 Å². The lowest BCUT2D eigenvalue weighted by molar-refractivity contribution is -0.119. The molecule has 1 amide bonds. The molecule has 1 aromatic heterocycles. The van der Waals surface area contributed by atoms with Crippen molar-refractivity contribution in [2.45, 2.75) is 25.3 Å². The number of carbonyl (C=O) groups is 1. The fourth-order valence-electron chi connectivity index (χ4n) is 2.63. The zero-order chi connectivity index (χ0) is 16.3. The number of hydrogen-bond donors (Lipinski definition) is 2. The van der Waals surface area contributed by atoms with Crippen LogP contribution in [0.3, 0.4) is 0 Å². The summed E-state index contributed by atoms with van der Waals surface area (Å²) in [6.45, 7) is 1.85. The van der Waals surface area contributed by atoms with E-state index in [1.807, 2.05) is 43.5 Å². The van der Waals surface area contributed by atoms with Crippen LogP contribution in [0.1, 0.15) is 25.3 Å². The average Bonchev–Trinajstić information content (AvgIpc) is 3.33. The molecule has 1 saturated carbocycles. The number of amides is 1. The molecule has 0 radical (unpaired) electrons. The van der Waals surface area contributed by atoms with Gasteiger partial charge >= 0.3 is 0 Å². The van der Waals surface area contributed by atoms with Gasteiger partial charge < -0.3 is 10.4 Å². The van der Waals surface area contributed by atoms with E-state index in [9.17, 15) is 9.90 Å². The first-order valence-electron chi connectivity index (χ1n) is 7.82. The summed E-state index contributed by atoms with van der Waals surface area (Å²) in [7, 11) is 0. The summed E-state index contributed by atoms with van der Waals surface area (Å²) in [6.07, 6.45) is 8.92. The Kier molecular flexibility index (Phi) is 4.30. The van der Waals surface area contributed by atoms with Gasteiger partial charge in [-0.1, -0.05) is 18.2 Å². The highest BCUT2D eigenvalue weighted by Gasteiger charge is 2.41. The average molecular weight is 311 g/mol. The quantitative estimate of drug-likeness (QED) is 0.803. The Balaban J connectivity index is 1.64. The Bertz CT molecular complexity index is 704. The van der Waals surface area contributed by atoms with E-state index in [0.29, 0.717) is 5.92 Å². The fraction of sp³-hybridized carbons (Fsp3) is 0.333. The maximum Gasteiger partial charge on any atom is 0.244 e. The van der Waals surface area contributed by atoms with Gasteiger partial charge in [-0.05, 0) is 43.9 Å². The van der Waals surface area contributed by atoms with Crippen molar-refractivity contribution in [3.63, 3.8) is 0 Å². The van der Waals surface area contributed by atoms with Gasteiger partial charge in [0.2, 0.25) is 5.91 Å². The highest BCUT2D eigenvalue weighted by atomic mass is 16.3. The largest absolute Gasteiger partial charge is 0.394 e. The second kappa shape index (κ2) is 6.38. The maximum absolute atomic E-state index is 12.1. The predicted molar refractivity (Wildman–Crippen MR) is 89.0 cm³/mol. The number of carbonyl (C=O) groups excluding carboxylic acids is 1. The van der Waals surface area contributed by atoms with E-state index in [1.165, 1.54) is 6.08 Å². The lowest BCUT2D eigenvalue weighted by Crippen LogP contribution is -2.50. The Morgan fingerprint density at radius 3 is 2.83 bits per heavy atom. The Labute approximate surface area is 135 Å². The molecule has 23 heavy (non-hydrogen) atoms. The molecule has 120 valence electrons. The van der Waals surface area contributed by atoms with Crippen LogP contribution >= 0.6 is 0 Å².